The first kappa shape index (κ1) is 10.4. The van der Waals surface area contributed by atoms with Crippen molar-refractivity contribution in [2.24, 2.45) is 0 Å². The molecule has 0 aliphatic heterocycles. The Bertz CT molecular complexity index is 497. The molecule has 0 fully saturated rings. The quantitative estimate of drug-likeness (QED) is 0.765. The standard InChI is InChI=1S/C9H6N4O2S/c14-7(6-2-1-3-10-4-6)12-8(15)9-13-11-5-16-9/h1-5H,(H,12,14,15). The number of imide groups is 1. The summed E-state index contributed by atoms with van der Waals surface area (Å²) in [5.74, 6) is -1.07. The Labute approximate surface area is 94.4 Å². The van der Waals surface area contributed by atoms with Crippen LogP contribution in [0.15, 0.2) is 30.0 Å². The van der Waals surface area contributed by atoms with Gasteiger partial charge < -0.3 is 0 Å². The molecule has 0 bridgehead atoms. The SMILES string of the molecule is O=C(NC(=O)c1nncs1)c1cccnc1. The molecule has 0 saturated heterocycles. The Hall–Kier alpha value is -2.15. The maximum absolute atomic E-state index is 11.5. The van der Waals surface area contributed by atoms with E-state index in [0.29, 0.717) is 5.56 Å². The van der Waals surface area contributed by atoms with E-state index in [0.717, 1.165) is 11.3 Å². The molecular weight excluding hydrogens is 228 g/mol. The molecule has 0 unspecified atom stereocenters. The van der Waals surface area contributed by atoms with Crippen molar-refractivity contribution in [1.82, 2.24) is 20.5 Å². The zero-order chi connectivity index (χ0) is 11.4. The minimum absolute atomic E-state index is 0.150. The first-order valence-corrected chi connectivity index (χ1v) is 5.17. The molecule has 16 heavy (non-hydrogen) atoms. The summed E-state index contributed by atoms with van der Waals surface area (Å²) in [6.07, 6.45) is 2.92. The van der Waals surface area contributed by atoms with Crippen molar-refractivity contribution >= 4 is 23.2 Å². The molecule has 2 heterocycles. The van der Waals surface area contributed by atoms with E-state index in [4.69, 9.17) is 0 Å². The number of aromatic nitrogens is 3. The second kappa shape index (κ2) is 4.58. The molecule has 2 aromatic rings. The van der Waals surface area contributed by atoms with Crippen LogP contribution in [0.2, 0.25) is 0 Å². The maximum atomic E-state index is 11.5. The van der Waals surface area contributed by atoms with Gasteiger partial charge in [-0.15, -0.1) is 10.2 Å². The first-order chi connectivity index (χ1) is 7.77. The van der Waals surface area contributed by atoms with Gasteiger partial charge >= 0.3 is 0 Å². The fourth-order valence-corrected chi connectivity index (χ4v) is 1.44. The van der Waals surface area contributed by atoms with E-state index in [9.17, 15) is 9.59 Å². The van der Waals surface area contributed by atoms with Gasteiger partial charge in [-0.1, -0.05) is 11.3 Å². The minimum Gasteiger partial charge on any atom is -0.286 e. The van der Waals surface area contributed by atoms with Gasteiger partial charge in [0.2, 0.25) is 5.01 Å². The highest BCUT2D eigenvalue weighted by atomic mass is 32.1. The predicted octanol–water partition coefficient (Wildman–Crippen LogP) is 0.503. The normalized spacial score (nSPS) is 9.75. The van der Waals surface area contributed by atoms with E-state index < -0.39 is 11.8 Å². The monoisotopic (exact) mass is 234 g/mol. The van der Waals surface area contributed by atoms with Crippen LogP contribution in [-0.4, -0.2) is 27.0 Å². The van der Waals surface area contributed by atoms with Crippen LogP contribution in [0.4, 0.5) is 0 Å². The largest absolute Gasteiger partial charge is 0.289 e. The van der Waals surface area contributed by atoms with Crippen molar-refractivity contribution < 1.29 is 9.59 Å². The van der Waals surface area contributed by atoms with E-state index >= 15 is 0 Å². The Morgan fingerprint density at radius 3 is 2.81 bits per heavy atom. The van der Waals surface area contributed by atoms with Crippen molar-refractivity contribution in [1.29, 1.82) is 0 Å². The topological polar surface area (TPSA) is 84.8 Å². The molecule has 0 aliphatic rings. The maximum Gasteiger partial charge on any atom is 0.289 e. The van der Waals surface area contributed by atoms with Gasteiger partial charge in [0.25, 0.3) is 11.8 Å². The number of carbonyl (C=O) groups is 2. The number of nitrogens with one attached hydrogen (secondary N) is 1. The number of amides is 2. The van der Waals surface area contributed by atoms with Crippen molar-refractivity contribution in [3.8, 4) is 0 Å². The summed E-state index contributed by atoms with van der Waals surface area (Å²) in [5, 5.41) is 9.40. The molecule has 0 spiro atoms. The Kier molecular flexibility index (Phi) is 2.97. The Morgan fingerprint density at radius 1 is 1.31 bits per heavy atom. The van der Waals surface area contributed by atoms with Crippen LogP contribution in [0.5, 0.6) is 0 Å². The average Bonchev–Trinajstić information content (AvgIpc) is 2.83. The van der Waals surface area contributed by atoms with Crippen LogP contribution in [0, 0.1) is 0 Å². The first-order valence-electron chi connectivity index (χ1n) is 4.29. The van der Waals surface area contributed by atoms with Gasteiger partial charge in [0.05, 0.1) is 5.56 Å². The molecule has 1 N–H and O–H groups in total. The molecule has 80 valence electrons. The van der Waals surface area contributed by atoms with Crippen molar-refractivity contribution in [3.05, 3.63) is 40.6 Å². The van der Waals surface area contributed by atoms with Gasteiger partial charge in [0.1, 0.15) is 5.51 Å². The van der Waals surface area contributed by atoms with E-state index in [1.165, 1.54) is 11.7 Å². The third-order valence-corrected chi connectivity index (χ3v) is 2.40. The molecule has 0 radical (unpaired) electrons. The molecule has 0 aliphatic carbocycles. The second-order valence-electron chi connectivity index (χ2n) is 2.77. The third-order valence-electron chi connectivity index (χ3n) is 1.71. The zero-order valence-corrected chi connectivity index (χ0v) is 8.77. The van der Waals surface area contributed by atoms with Crippen LogP contribution in [0.25, 0.3) is 0 Å². The number of nitrogens with zero attached hydrogens (tertiary/aromatic N) is 3. The molecule has 2 rings (SSSR count). The van der Waals surface area contributed by atoms with Crippen LogP contribution in [-0.2, 0) is 0 Å². The lowest BCUT2D eigenvalue weighted by molar-refractivity contribution is 0.0848. The number of carbonyl (C=O) groups excluding carboxylic acids is 2. The van der Waals surface area contributed by atoms with Crippen LogP contribution >= 0.6 is 11.3 Å². The van der Waals surface area contributed by atoms with E-state index in [2.05, 4.69) is 20.5 Å². The summed E-state index contributed by atoms with van der Waals surface area (Å²) in [5.41, 5.74) is 1.74. The third kappa shape index (κ3) is 2.26. The number of rotatable bonds is 2. The molecule has 0 saturated carbocycles. The van der Waals surface area contributed by atoms with Gasteiger partial charge in [-0.2, -0.15) is 0 Å². The molecular formula is C9H6N4O2S. The lowest BCUT2D eigenvalue weighted by atomic mass is 10.3. The molecule has 0 aromatic carbocycles. The van der Waals surface area contributed by atoms with E-state index in [1.807, 2.05) is 0 Å². The molecule has 2 aromatic heterocycles. The minimum atomic E-state index is -0.559. The molecule has 0 atom stereocenters. The molecule has 7 heteroatoms. The number of hydrogen-bond donors (Lipinski definition) is 1. The van der Waals surface area contributed by atoms with Gasteiger partial charge in [0.15, 0.2) is 0 Å². The van der Waals surface area contributed by atoms with Crippen LogP contribution in [0.3, 0.4) is 0 Å². The summed E-state index contributed by atoms with van der Waals surface area (Å²) in [7, 11) is 0. The van der Waals surface area contributed by atoms with Crippen LogP contribution < -0.4 is 5.32 Å². The van der Waals surface area contributed by atoms with Crippen molar-refractivity contribution in [2.75, 3.05) is 0 Å². The van der Waals surface area contributed by atoms with Crippen molar-refractivity contribution in [2.45, 2.75) is 0 Å². The van der Waals surface area contributed by atoms with E-state index in [-0.39, 0.29) is 5.01 Å². The van der Waals surface area contributed by atoms with Gasteiger partial charge in [-0.25, -0.2) is 0 Å². The second-order valence-corrected chi connectivity index (χ2v) is 3.60. The lowest BCUT2D eigenvalue weighted by Gasteiger charge is -2.00. The number of hydrogen-bond acceptors (Lipinski definition) is 6. The fourth-order valence-electron chi connectivity index (χ4n) is 0.998. The summed E-state index contributed by atoms with van der Waals surface area (Å²) in [4.78, 5) is 26.8. The predicted molar refractivity (Wildman–Crippen MR) is 55.9 cm³/mol. The average molecular weight is 234 g/mol. The zero-order valence-electron chi connectivity index (χ0n) is 7.95. The van der Waals surface area contributed by atoms with Crippen LogP contribution in [0.1, 0.15) is 20.2 Å². The van der Waals surface area contributed by atoms with Gasteiger partial charge in [-0.05, 0) is 12.1 Å². The van der Waals surface area contributed by atoms with Gasteiger partial charge in [-0.3, -0.25) is 19.9 Å². The smallest absolute Gasteiger partial charge is 0.286 e. The highest BCUT2D eigenvalue weighted by Crippen LogP contribution is 2.02. The van der Waals surface area contributed by atoms with E-state index in [1.54, 1.807) is 18.3 Å². The summed E-state index contributed by atoms with van der Waals surface area (Å²) >= 11 is 1.07. The van der Waals surface area contributed by atoms with Gasteiger partial charge in [0, 0.05) is 12.4 Å². The highest BCUT2D eigenvalue weighted by Gasteiger charge is 2.14. The Balaban J connectivity index is 2.06. The Morgan fingerprint density at radius 2 is 2.19 bits per heavy atom. The lowest BCUT2D eigenvalue weighted by Crippen LogP contribution is -2.30. The fraction of sp³-hybridized carbons (Fsp3) is 0. The van der Waals surface area contributed by atoms with Crippen molar-refractivity contribution in [3.63, 3.8) is 0 Å². The summed E-state index contributed by atoms with van der Waals surface area (Å²) < 4.78 is 0. The molecule has 2 amide bonds. The summed E-state index contributed by atoms with van der Waals surface area (Å²) in [6.45, 7) is 0. The number of pyridine rings is 1. The summed E-state index contributed by atoms with van der Waals surface area (Å²) in [6, 6.07) is 3.18. The molecule has 6 nitrogen and oxygen atoms in total. The highest BCUT2D eigenvalue weighted by molar-refractivity contribution is 7.11.